The van der Waals surface area contributed by atoms with Gasteiger partial charge in [-0.05, 0) is 57.5 Å². The van der Waals surface area contributed by atoms with Gasteiger partial charge in [-0.3, -0.25) is 0 Å². The Labute approximate surface area is 132 Å². The van der Waals surface area contributed by atoms with Crippen LogP contribution in [0.2, 0.25) is 0 Å². The van der Waals surface area contributed by atoms with Crippen molar-refractivity contribution in [3.63, 3.8) is 0 Å². The maximum atomic E-state index is 3.64. The van der Waals surface area contributed by atoms with Crippen molar-refractivity contribution in [2.45, 2.75) is 33.2 Å². The summed E-state index contributed by atoms with van der Waals surface area (Å²) in [5.41, 5.74) is 2.74. The fourth-order valence-electron chi connectivity index (χ4n) is 2.64. The summed E-state index contributed by atoms with van der Waals surface area (Å²) in [5.74, 6) is 0. The molecule has 0 bridgehead atoms. The lowest BCUT2D eigenvalue weighted by Gasteiger charge is -2.20. The summed E-state index contributed by atoms with van der Waals surface area (Å²) in [4.78, 5) is 5.15. The summed E-state index contributed by atoms with van der Waals surface area (Å²) in [6.45, 7) is 8.78. The number of hydrogen-bond donors (Lipinski definition) is 1. The van der Waals surface area contributed by atoms with Crippen LogP contribution in [0.1, 0.15) is 34.7 Å². The van der Waals surface area contributed by atoms with Gasteiger partial charge in [0.05, 0.1) is 0 Å². The first kappa shape index (κ1) is 16.1. The van der Waals surface area contributed by atoms with E-state index in [2.05, 4.69) is 74.4 Å². The Morgan fingerprint density at radius 1 is 1.19 bits per heavy atom. The molecule has 21 heavy (non-hydrogen) atoms. The van der Waals surface area contributed by atoms with Crippen molar-refractivity contribution < 1.29 is 0 Å². The second kappa shape index (κ2) is 7.62. The quantitative estimate of drug-likeness (QED) is 0.755. The average molecular weight is 302 g/mol. The largest absolute Gasteiger partial charge is 0.375 e. The molecule has 1 aromatic heterocycles. The van der Waals surface area contributed by atoms with E-state index in [0.29, 0.717) is 6.04 Å². The zero-order valence-corrected chi connectivity index (χ0v) is 14.3. The number of nitrogens with zero attached hydrogens (tertiary/aromatic N) is 1. The number of thiophene rings is 1. The molecule has 0 saturated carbocycles. The SMILES string of the molecule is Cc1cc(C(C)NCCCN(C)c2ccccc2)c(C)s1. The third kappa shape index (κ3) is 4.58. The first-order chi connectivity index (χ1) is 10.1. The van der Waals surface area contributed by atoms with Crippen LogP contribution in [0.4, 0.5) is 5.69 Å². The second-order valence-electron chi connectivity index (χ2n) is 5.66. The van der Waals surface area contributed by atoms with Gasteiger partial charge in [-0.25, -0.2) is 0 Å². The minimum absolute atomic E-state index is 0.442. The number of nitrogens with one attached hydrogen (secondary N) is 1. The Morgan fingerprint density at radius 2 is 1.90 bits per heavy atom. The van der Waals surface area contributed by atoms with Crippen LogP contribution in [-0.4, -0.2) is 20.1 Å². The van der Waals surface area contributed by atoms with Crippen LogP contribution in [0.25, 0.3) is 0 Å². The maximum absolute atomic E-state index is 3.64. The Hall–Kier alpha value is -1.32. The molecule has 0 saturated heterocycles. The molecule has 0 aliphatic carbocycles. The van der Waals surface area contributed by atoms with E-state index in [9.17, 15) is 0 Å². The van der Waals surface area contributed by atoms with E-state index in [1.165, 1.54) is 21.0 Å². The molecule has 1 atom stereocenters. The Bertz CT molecular complexity index is 548. The Balaban J connectivity index is 1.73. The topological polar surface area (TPSA) is 15.3 Å². The fraction of sp³-hybridized carbons (Fsp3) is 0.444. The van der Waals surface area contributed by atoms with Crippen molar-refractivity contribution >= 4 is 17.0 Å². The van der Waals surface area contributed by atoms with Crippen LogP contribution in [0, 0.1) is 13.8 Å². The lowest BCUT2D eigenvalue weighted by Crippen LogP contribution is -2.25. The Morgan fingerprint density at radius 3 is 2.52 bits per heavy atom. The van der Waals surface area contributed by atoms with E-state index in [1.807, 2.05) is 11.3 Å². The molecule has 1 unspecified atom stereocenters. The molecule has 0 spiro atoms. The number of anilines is 1. The van der Waals surface area contributed by atoms with Crippen molar-refractivity contribution in [3.8, 4) is 0 Å². The molecule has 0 amide bonds. The summed E-state index contributed by atoms with van der Waals surface area (Å²) < 4.78 is 0. The van der Waals surface area contributed by atoms with Gasteiger partial charge in [0.2, 0.25) is 0 Å². The zero-order chi connectivity index (χ0) is 15.2. The molecule has 2 rings (SSSR count). The van der Waals surface area contributed by atoms with Gasteiger partial charge >= 0.3 is 0 Å². The molecule has 0 aliphatic heterocycles. The smallest absolute Gasteiger partial charge is 0.0363 e. The van der Waals surface area contributed by atoms with Gasteiger partial charge in [0, 0.05) is 35.1 Å². The third-order valence-corrected chi connectivity index (χ3v) is 4.85. The normalized spacial score (nSPS) is 12.4. The predicted molar refractivity (Wildman–Crippen MR) is 94.5 cm³/mol. The molecular formula is C18H26N2S. The molecule has 1 N–H and O–H groups in total. The van der Waals surface area contributed by atoms with Gasteiger partial charge in [-0.2, -0.15) is 0 Å². The summed E-state index contributed by atoms with van der Waals surface area (Å²) in [6.07, 6.45) is 1.15. The molecule has 1 aromatic carbocycles. The van der Waals surface area contributed by atoms with Crippen LogP contribution in [0.3, 0.4) is 0 Å². The molecule has 3 heteroatoms. The van der Waals surface area contributed by atoms with Gasteiger partial charge < -0.3 is 10.2 Å². The molecule has 114 valence electrons. The number of rotatable bonds is 7. The average Bonchev–Trinajstić information content (AvgIpc) is 2.83. The fourth-order valence-corrected chi connectivity index (χ4v) is 3.66. The molecule has 0 radical (unpaired) electrons. The van der Waals surface area contributed by atoms with E-state index in [0.717, 1.165) is 19.5 Å². The predicted octanol–water partition coefficient (Wildman–Crippen LogP) is 4.54. The van der Waals surface area contributed by atoms with Gasteiger partial charge in [0.1, 0.15) is 0 Å². The summed E-state index contributed by atoms with van der Waals surface area (Å²) in [5, 5.41) is 3.64. The highest BCUT2D eigenvalue weighted by molar-refractivity contribution is 7.12. The molecular weight excluding hydrogens is 276 g/mol. The van der Waals surface area contributed by atoms with Crippen LogP contribution >= 0.6 is 11.3 Å². The highest BCUT2D eigenvalue weighted by Crippen LogP contribution is 2.26. The van der Waals surface area contributed by atoms with Crippen molar-refractivity contribution in [1.29, 1.82) is 0 Å². The standard InChI is InChI=1S/C18H26N2S/c1-14-13-18(16(3)21-14)15(2)19-11-8-12-20(4)17-9-6-5-7-10-17/h5-7,9-10,13,15,19H,8,11-12H2,1-4H3. The van der Waals surface area contributed by atoms with Crippen LogP contribution in [0.5, 0.6) is 0 Å². The van der Waals surface area contributed by atoms with Crippen LogP contribution in [0.15, 0.2) is 36.4 Å². The maximum Gasteiger partial charge on any atom is 0.0363 e. The number of para-hydroxylation sites is 1. The highest BCUT2D eigenvalue weighted by atomic mass is 32.1. The summed E-state index contributed by atoms with van der Waals surface area (Å²) in [7, 11) is 2.16. The monoisotopic (exact) mass is 302 g/mol. The van der Waals surface area contributed by atoms with Crippen molar-refractivity contribution in [2.75, 3.05) is 25.0 Å². The van der Waals surface area contributed by atoms with Crippen molar-refractivity contribution in [1.82, 2.24) is 5.32 Å². The van der Waals surface area contributed by atoms with Gasteiger partial charge in [0.25, 0.3) is 0 Å². The minimum Gasteiger partial charge on any atom is -0.375 e. The summed E-state index contributed by atoms with van der Waals surface area (Å²) >= 11 is 1.89. The Kier molecular flexibility index (Phi) is 5.83. The first-order valence-electron chi connectivity index (χ1n) is 7.64. The molecule has 1 heterocycles. The molecule has 2 nitrogen and oxygen atoms in total. The van der Waals surface area contributed by atoms with Gasteiger partial charge in [-0.1, -0.05) is 18.2 Å². The van der Waals surface area contributed by atoms with E-state index in [1.54, 1.807) is 0 Å². The van der Waals surface area contributed by atoms with Crippen LogP contribution < -0.4 is 10.2 Å². The van der Waals surface area contributed by atoms with Gasteiger partial charge in [-0.15, -0.1) is 11.3 Å². The molecule has 0 aliphatic rings. The second-order valence-corrected chi connectivity index (χ2v) is 7.12. The number of hydrogen-bond acceptors (Lipinski definition) is 3. The van der Waals surface area contributed by atoms with E-state index in [4.69, 9.17) is 0 Å². The lowest BCUT2D eigenvalue weighted by atomic mass is 10.1. The van der Waals surface area contributed by atoms with E-state index >= 15 is 0 Å². The molecule has 2 aromatic rings. The zero-order valence-electron chi connectivity index (χ0n) is 13.5. The summed E-state index contributed by atoms with van der Waals surface area (Å²) in [6, 6.07) is 13.3. The van der Waals surface area contributed by atoms with E-state index in [-0.39, 0.29) is 0 Å². The van der Waals surface area contributed by atoms with Crippen LogP contribution in [-0.2, 0) is 0 Å². The number of aryl methyl sites for hydroxylation is 2. The first-order valence-corrected chi connectivity index (χ1v) is 8.46. The van der Waals surface area contributed by atoms with Gasteiger partial charge in [0.15, 0.2) is 0 Å². The van der Waals surface area contributed by atoms with Crippen molar-refractivity contribution in [2.24, 2.45) is 0 Å². The molecule has 0 fully saturated rings. The number of benzene rings is 1. The van der Waals surface area contributed by atoms with Crippen molar-refractivity contribution in [3.05, 3.63) is 51.7 Å². The highest BCUT2D eigenvalue weighted by Gasteiger charge is 2.10. The van der Waals surface area contributed by atoms with E-state index < -0.39 is 0 Å². The lowest BCUT2D eigenvalue weighted by molar-refractivity contribution is 0.558. The minimum atomic E-state index is 0.442. The third-order valence-electron chi connectivity index (χ3n) is 3.86.